The van der Waals surface area contributed by atoms with Gasteiger partial charge in [-0.15, -0.1) is 0 Å². The molecule has 1 unspecified atom stereocenters. The quantitative estimate of drug-likeness (QED) is 0.530. The van der Waals surface area contributed by atoms with Crippen LogP contribution in [-0.4, -0.2) is 33.5 Å². The van der Waals surface area contributed by atoms with Crippen molar-refractivity contribution in [2.75, 3.05) is 0 Å². The predicted octanol–water partition coefficient (Wildman–Crippen LogP) is 3.95. The Morgan fingerprint density at radius 3 is 2.68 bits per heavy atom. The molecule has 2 heterocycles. The number of fused-ring (bicyclic) bond motifs is 1. The summed E-state index contributed by atoms with van der Waals surface area (Å²) in [5, 5.41) is 3.08. The van der Waals surface area contributed by atoms with E-state index in [4.69, 9.17) is 23.8 Å². The first-order chi connectivity index (χ1) is 14.8. The van der Waals surface area contributed by atoms with Crippen LogP contribution >= 0.6 is 23.8 Å². The highest BCUT2D eigenvalue weighted by Gasteiger charge is 2.38. The van der Waals surface area contributed by atoms with E-state index in [0.29, 0.717) is 24.9 Å². The topological polar surface area (TPSA) is 66.5 Å². The average Bonchev–Trinajstić information content (AvgIpc) is 3.05. The van der Waals surface area contributed by atoms with E-state index in [2.05, 4.69) is 11.4 Å². The highest BCUT2D eigenvalue weighted by molar-refractivity contribution is 7.80. The molecule has 0 saturated carbocycles. The van der Waals surface area contributed by atoms with Crippen LogP contribution < -0.4 is 5.32 Å². The lowest BCUT2D eigenvalue weighted by Crippen LogP contribution is -2.52. The van der Waals surface area contributed by atoms with Gasteiger partial charge in [-0.25, -0.2) is 0 Å². The minimum atomic E-state index is -0.588. The van der Waals surface area contributed by atoms with Crippen LogP contribution in [-0.2, 0) is 29.0 Å². The van der Waals surface area contributed by atoms with Gasteiger partial charge in [0.05, 0.1) is 0 Å². The average molecular weight is 455 g/mol. The molecule has 1 fully saturated rings. The van der Waals surface area contributed by atoms with E-state index in [0.717, 1.165) is 45.0 Å². The van der Waals surface area contributed by atoms with Gasteiger partial charge in [0.15, 0.2) is 0 Å². The molecule has 31 heavy (non-hydrogen) atoms. The van der Waals surface area contributed by atoms with Gasteiger partial charge < -0.3 is 4.90 Å². The monoisotopic (exact) mass is 454 g/mol. The fraction of sp³-hybridized carbons (Fsp3) is 0.333. The summed E-state index contributed by atoms with van der Waals surface area (Å²) in [4.78, 5) is 38.9. The van der Waals surface area contributed by atoms with Gasteiger partial charge in [0.2, 0.25) is 11.8 Å². The second kappa shape index (κ2) is 8.89. The Labute approximate surface area is 191 Å². The molecule has 0 bridgehead atoms. The van der Waals surface area contributed by atoms with Crippen LogP contribution in [0, 0.1) is 6.92 Å². The Balaban J connectivity index is 1.38. The Morgan fingerprint density at radius 1 is 1.16 bits per heavy atom. The van der Waals surface area contributed by atoms with Crippen molar-refractivity contribution in [1.82, 2.24) is 10.2 Å². The predicted molar refractivity (Wildman–Crippen MR) is 123 cm³/mol. The number of piperidine rings is 1. The van der Waals surface area contributed by atoms with Gasteiger partial charge in [0, 0.05) is 30.0 Å². The van der Waals surface area contributed by atoms with Crippen LogP contribution in [0.3, 0.4) is 0 Å². The van der Waals surface area contributed by atoms with Crippen molar-refractivity contribution in [2.24, 2.45) is 0 Å². The van der Waals surface area contributed by atoms with E-state index < -0.39 is 6.04 Å². The molecule has 0 spiro atoms. The van der Waals surface area contributed by atoms with Crippen LogP contribution in [0.1, 0.15) is 51.9 Å². The number of nitrogens with zero attached hydrogens (tertiary/aromatic N) is 1. The zero-order valence-corrected chi connectivity index (χ0v) is 18.8. The maximum Gasteiger partial charge on any atom is 0.255 e. The molecule has 1 N–H and O–H groups in total. The third-order valence-corrected chi connectivity index (χ3v) is 6.67. The summed E-state index contributed by atoms with van der Waals surface area (Å²) >= 11 is 11.8. The molecule has 160 valence electrons. The van der Waals surface area contributed by atoms with Crippen LogP contribution in [0.4, 0.5) is 0 Å². The number of carbonyl (C=O) groups excluding carboxylic acids is 3. The molecule has 2 aromatic carbocycles. The highest BCUT2D eigenvalue weighted by atomic mass is 35.5. The number of hydrogen-bond donors (Lipinski definition) is 1. The lowest BCUT2D eigenvalue weighted by Gasteiger charge is -2.29. The second-order valence-electron chi connectivity index (χ2n) is 8.19. The fourth-order valence-corrected chi connectivity index (χ4v) is 4.60. The summed E-state index contributed by atoms with van der Waals surface area (Å²) in [5.74, 6) is -0.821. The number of amides is 3. The molecule has 1 atom stereocenters. The van der Waals surface area contributed by atoms with E-state index in [1.54, 1.807) is 4.90 Å². The van der Waals surface area contributed by atoms with Crippen molar-refractivity contribution in [3.05, 3.63) is 69.2 Å². The summed E-state index contributed by atoms with van der Waals surface area (Å²) in [6.07, 6.45) is 2.89. The molecule has 5 nitrogen and oxygen atoms in total. The van der Waals surface area contributed by atoms with E-state index in [-0.39, 0.29) is 24.1 Å². The highest BCUT2D eigenvalue weighted by Crippen LogP contribution is 2.28. The smallest absolute Gasteiger partial charge is 0.255 e. The minimum Gasteiger partial charge on any atom is -0.322 e. The normalized spacial score (nSPS) is 18.2. The Hall–Kier alpha value is -2.57. The Bertz CT molecular complexity index is 1100. The number of carbonyl (C=O) groups is 3. The van der Waals surface area contributed by atoms with Gasteiger partial charge in [-0.2, -0.15) is 0 Å². The summed E-state index contributed by atoms with van der Waals surface area (Å²) in [6.45, 7) is 2.37. The second-order valence-corrected chi connectivity index (χ2v) is 9.17. The van der Waals surface area contributed by atoms with Crippen molar-refractivity contribution in [3.63, 3.8) is 0 Å². The Morgan fingerprint density at radius 2 is 1.94 bits per heavy atom. The third kappa shape index (κ3) is 4.70. The first-order valence-electron chi connectivity index (χ1n) is 10.3. The molecule has 1 saturated heterocycles. The number of thiocarbonyl (C=S) groups is 1. The van der Waals surface area contributed by atoms with Crippen LogP contribution in [0.25, 0.3) is 0 Å². The minimum absolute atomic E-state index is 0.150. The lowest BCUT2D eigenvalue weighted by molar-refractivity contribution is -0.136. The van der Waals surface area contributed by atoms with Crippen LogP contribution in [0.15, 0.2) is 36.4 Å². The third-order valence-electron chi connectivity index (χ3n) is 5.92. The maximum absolute atomic E-state index is 12.8. The summed E-state index contributed by atoms with van der Waals surface area (Å²) in [6, 6.07) is 11.3. The molecule has 2 aliphatic heterocycles. The van der Waals surface area contributed by atoms with Crippen molar-refractivity contribution in [2.45, 2.75) is 51.6 Å². The van der Waals surface area contributed by atoms with Gasteiger partial charge in [-0.05, 0) is 65.4 Å². The molecule has 2 aromatic rings. The number of hydrogen-bond acceptors (Lipinski definition) is 4. The molecule has 4 rings (SSSR count). The van der Waals surface area contributed by atoms with Gasteiger partial charge in [-0.1, -0.05) is 48.1 Å². The van der Waals surface area contributed by atoms with Crippen molar-refractivity contribution in [3.8, 4) is 0 Å². The number of benzene rings is 2. The molecule has 0 aromatic heterocycles. The fourth-order valence-electron chi connectivity index (χ4n) is 4.13. The zero-order valence-electron chi connectivity index (χ0n) is 17.2. The molecule has 3 amide bonds. The van der Waals surface area contributed by atoms with Gasteiger partial charge in [-0.3, -0.25) is 19.7 Å². The molecular formula is C24H23ClN2O3S. The van der Waals surface area contributed by atoms with E-state index in [1.807, 2.05) is 37.3 Å². The summed E-state index contributed by atoms with van der Waals surface area (Å²) < 4.78 is 0. The van der Waals surface area contributed by atoms with Crippen molar-refractivity contribution < 1.29 is 14.4 Å². The largest absolute Gasteiger partial charge is 0.322 e. The number of halogens is 1. The van der Waals surface area contributed by atoms with Crippen LogP contribution in [0.5, 0.6) is 0 Å². The molecule has 2 aliphatic rings. The summed E-state index contributed by atoms with van der Waals surface area (Å²) in [7, 11) is 0. The molecule has 7 heteroatoms. The molecular weight excluding hydrogens is 432 g/mol. The number of rotatable bonds is 6. The van der Waals surface area contributed by atoms with Crippen molar-refractivity contribution >= 4 is 46.4 Å². The standard InChI is InChI=1S/C24H23ClN2O3S/c1-14-2-3-16(12-20(14)25)11-18(31)6-4-15-5-7-19-17(10-15)13-27(24(19)30)21-8-9-22(28)26-23(21)29/h2-3,5,7,10,12,21H,4,6,8-9,11,13H2,1H3,(H,26,28,29). The van der Waals surface area contributed by atoms with Gasteiger partial charge in [0.1, 0.15) is 6.04 Å². The molecule has 0 aliphatic carbocycles. The SMILES string of the molecule is Cc1ccc(CC(=S)CCc2ccc3c(c2)CN(C2CCC(=O)NC2=O)C3=O)cc1Cl. The van der Waals surface area contributed by atoms with Crippen molar-refractivity contribution in [1.29, 1.82) is 0 Å². The van der Waals surface area contributed by atoms with E-state index >= 15 is 0 Å². The number of aryl methyl sites for hydroxylation is 2. The first kappa shape index (κ1) is 21.7. The van der Waals surface area contributed by atoms with Gasteiger partial charge in [0.25, 0.3) is 5.91 Å². The maximum atomic E-state index is 12.8. The number of nitrogens with one attached hydrogen (secondary N) is 1. The number of imide groups is 1. The van der Waals surface area contributed by atoms with Crippen LogP contribution in [0.2, 0.25) is 5.02 Å². The van der Waals surface area contributed by atoms with E-state index in [9.17, 15) is 14.4 Å². The zero-order chi connectivity index (χ0) is 22.1. The van der Waals surface area contributed by atoms with Gasteiger partial charge >= 0.3 is 0 Å². The summed E-state index contributed by atoms with van der Waals surface area (Å²) in [5.41, 5.74) is 4.82. The Kier molecular flexibility index (Phi) is 6.21. The molecule has 0 radical (unpaired) electrons. The van der Waals surface area contributed by atoms with E-state index in [1.165, 1.54) is 0 Å². The lowest BCUT2D eigenvalue weighted by atomic mass is 10.00. The first-order valence-corrected chi connectivity index (χ1v) is 11.1.